The summed E-state index contributed by atoms with van der Waals surface area (Å²) in [4.78, 5) is 30.9. The number of rotatable bonds is 5. The number of nitrogens with zero attached hydrogens (tertiary/aromatic N) is 3. The number of aromatic hydroxyl groups is 1. The monoisotopic (exact) mass is 435 g/mol. The molecule has 1 aliphatic carbocycles. The molecule has 3 aliphatic rings. The SMILES string of the molecule is C[C@@H]1C(=O)N(CCCC(=O)N2CCC3(CC3)[C@H](O)C2)CCN1c1ccc(Cl)c(O)c1. The van der Waals surface area contributed by atoms with Gasteiger partial charge in [-0.1, -0.05) is 11.6 Å². The van der Waals surface area contributed by atoms with Gasteiger partial charge in [0, 0.05) is 50.9 Å². The number of phenolic OH excluding ortho intramolecular Hbond substituents is 1. The number of piperidine rings is 1. The van der Waals surface area contributed by atoms with Gasteiger partial charge in [-0.05, 0) is 50.2 Å². The molecule has 7 nitrogen and oxygen atoms in total. The summed E-state index contributed by atoms with van der Waals surface area (Å²) in [6.07, 6.45) is 3.69. The molecule has 2 N–H and O–H groups in total. The molecule has 2 amide bonds. The van der Waals surface area contributed by atoms with Crippen LogP contribution in [0.1, 0.15) is 39.0 Å². The molecule has 30 heavy (non-hydrogen) atoms. The lowest BCUT2D eigenvalue weighted by Gasteiger charge is -2.40. The van der Waals surface area contributed by atoms with E-state index in [0.29, 0.717) is 39.0 Å². The minimum atomic E-state index is -0.391. The van der Waals surface area contributed by atoms with Crippen molar-refractivity contribution in [2.75, 3.05) is 37.6 Å². The van der Waals surface area contributed by atoms with Crippen molar-refractivity contribution in [3.05, 3.63) is 23.2 Å². The van der Waals surface area contributed by atoms with Crippen LogP contribution in [0.25, 0.3) is 0 Å². The van der Waals surface area contributed by atoms with Crippen LogP contribution in [0.3, 0.4) is 0 Å². The molecule has 2 aliphatic heterocycles. The average molecular weight is 436 g/mol. The molecule has 2 heterocycles. The van der Waals surface area contributed by atoms with E-state index in [4.69, 9.17) is 11.6 Å². The fourth-order valence-corrected chi connectivity index (χ4v) is 4.87. The second kappa shape index (κ2) is 8.27. The quantitative estimate of drug-likeness (QED) is 0.741. The fraction of sp³-hybridized carbons (Fsp3) is 0.636. The molecule has 2 saturated heterocycles. The molecule has 0 radical (unpaired) electrons. The van der Waals surface area contributed by atoms with Gasteiger partial charge in [0.15, 0.2) is 0 Å². The number of halogens is 1. The van der Waals surface area contributed by atoms with Crippen LogP contribution in [0.4, 0.5) is 5.69 Å². The third-order valence-corrected chi connectivity index (χ3v) is 7.37. The Hall–Kier alpha value is -1.99. The molecule has 2 atom stereocenters. The maximum atomic E-state index is 12.8. The molecule has 1 aromatic carbocycles. The van der Waals surface area contributed by atoms with Crippen LogP contribution in [0.15, 0.2) is 18.2 Å². The standard InChI is InChI=1S/C22H30ClN3O4/c1-15-21(30)24(11-12-26(15)16-4-5-17(23)18(27)13-16)9-2-3-20(29)25-10-8-22(6-7-22)19(28)14-25/h4-5,13,15,19,27-28H,2-3,6-12,14H2,1H3/t15-,19-/m1/s1. The Morgan fingerprint density at radius 2 is 2.00 bits per heavy atom. The van der Waals surface area contributed by atoms with Crippen LogP contribution < -0.4 is 4.90 Å². The van der Waals surface area contributed by atoms with Gasteiger partial charge in [-0.2, -0.15) is 0 Å². The van der Waals surface area contributed by atoms with Gasteiger partial charge < -0.3 is 24.9 Å². The third-order valence-electron chi connectivity index (χ3n) is 7.05. The van der Waals surface area contributed by atoms with E-state index in [0.717, 1.165) is 31.5 Å². The lowest BCUT2D eigenvalue weighted by Crippen LogP contribution is -2.56. The molecule has 1 spiro atoms. The fourth-order valence-electron chi connectivity index (χ4n) is 4.75. The van der Waals surface area contributed by atoms with Gasteiger partial charge in [0.2, 0.25) is 11.8 Å². The Kier molecular flexibility index (Phi) is 5.86. The zero-order valence-electron chi connectivity index (χ0n) is 17.4. The number of phenols is 1. The molecule has 0 bridgehead atoms. The lowest BCUT2D eigenvalue weighted by molar-refractivity contribution is -0.138. The summed E-state index contributed by atoms with van der Waals surface area (Å²) >= 11 is 5.88. The number of anilines is 1. The number of benzene rings is 1. The Bertz CT molecular complexity index is 829. The van der Waals surface area contributed by atoms with E-state index in [2.05, 4.69) is 0 Å². The first-order valence-electron chi connectivity index (χ1n) is 10.8. The number of carbonyl (C=O) groups is 2. The number of piperazine rings is 1. The van der Waals surface area contributed by atoms with Crippen molar-refractivity contribution in [1.82, 2.24) is 9.80 Å². The molecular weight excluding hydrogens is 406 g/mol. The van der Waals surface area contributed by atoms with E-state index in [1.54, 1.807) is 23.1 Å². The van der Waals surface area contributed by atoms with Crippen molar-refractivity contribution in [3.8, 4) is 5.75 Å². The molecule has 4 rings (SSSR count). The second-order valence-corrected chi connectivity index (χ2v) is 9.31. The number of carbonyl (C=O) groups excluding carboxylic acids is 2. The van der Waals surface area contributed by atoms with Crippen molar-refractivity contribution in [2.24, 2.45) is 5.41 Å². The van der Waals surface area contributed by atoms with Gasteiger partial charge in [-0.15, -0.1) is 0 Å². The van der Waals surface area contributed by atoms with Crippen LogP contribution in [-0.2, 0) is 9.59 Å². The van der Waals surface area contributed by atoms with Crippen LogP contribution >= 0.6 is 11.6 Å². The number of aliphatic hydroxyl groups excluding tert-OH is 1. The lowest BCUT2D eigenvalue weighted by atomic mass is 9.90. The molecule has 164 valence electrons. The van der Waals surface area contributed by atoms with E-state index in [9.17, 15) is 19.8 Å². The highest BCUT2D eigenvalue weighted by Crippen LogP contribution is 2.53. The van der Waals surface area contributed by atoms with Crippen LogP contribution in [0, 0.1) is 5.41 Å². The number of aliphatic hydroxyl groups is 1. The van der Waals surface area contributed by atoms with Crippen LogP contribution in [0.2, 0.25) is 5.02 Å². The molecule has 1 aromatic rings. The zero-order chi connectivity index (χ0) is 21.5. The van der Waals surface area contributed by atoms with E-state index in [-0.39, 0.29) is 34.0 Å². The van der Waals surface area contributed by atoms with Crippen LogP contribution in [0.5, 0.6) is 5.75 Å². The minimum Gasteiger partial charge on any atom is -0.506 e. The summed E-state index contributed by atoms with van der Waals surface area (Å²) in [6.45, 7) is 4.82. The maximum Gasteiger partial charge on any atom is 0.245 e. The van der Waals surface area contributed by atoms with Crippen molar-refractivity contribution < 1.29 is 19.8 Å². The topological polar surface area (TPSA) is 84.3 Å². The highest BCUT2D eigenvalue weighted by atomic mass is 35.5. The summed E-state index contributed by atoms with van der Waals surface area (Å²) in [5.74, 6) is 0.0951. The summed E-state index contributed by atoms with van der Waals surface area (Å²) < 4.78 is 0. The van der Waals surface area contributed by atoms with E-state index >= 15 is 0 Å². The van der Waals surface area contributed by atoms with Crippen LogP contribution in [-0.4, -0.2) is 76.7 Å². The number of amides is 2. The molecule has 1 saturated carbocycles. The smallest absolute Gasteiger partial charge is 0.245 e. The van der Waals surface area contributed by atoms with Gasteiger partial charge in [0.25, 0.3) is 0 Å². The van der Waals surface area contributed by atoms with Gasteiger partial charge in [0.05, 0.1) is 11.1 Å². The van der Waals surface area contributed by atoms with Crippen molar-refractivity contribution in [1.29, 1.82) is 0 Å². The molecular formula is C22H30ClN3O4. The Balaban J connectivity index is 1.25. The van der Waals surface area contributed by atoms with Gasteiger partial charge in [0.1, 0.15) is 11.8 Å². The van der Waals surface area contributed by atoms with E-state index in [1.165, 1.54) is 0 Å². The molecule has 0 aromatic heterocycles. The van der Waals surface area contributed by atoms with Gasteiger partial charge >= 0.3 is 0 Å². The first-order valence-corrected chi connectivity index (χ1v) is 11.2. The third kappa shape index (κ3) is 4.10. The normalized spacial score (nSPS) is 25.7. The van der Waals surface area contributed by atoms with Gasteiger partial charge in [-0.3, -0.25) is 9.59 Å². The Morgan fingerprint density at radius 1 is 1.23 bits per heavy atom. The predicted molar refractivity (Wildman–Crippen MR) is 115 cm³/mol. The summed E-state index contributed by atoms with van der Waals surface area (Å²) in [7, 11) is 0. The largest absolute Gasteiger partial charge is 0.506 e. The first-order chi connectivity index (χ1) is 14.3. The van der Waals surface area contributed by atoms with Crippen molar-refractivity contribution >= 4 is 29.1 Å². The summed E-state index contributed by atoms with van der Waals surface area (Å²) in [5, 5.41) is 20.4. The number of hydrogen-bond acceptors (Lipinski definition) is 5. The molecule has 0 unspecified atom stereocenters. The highest BCUT2D eigenvalue weighted by molar-refractivity contribution is 6.32. The number of likely N-dealkylation sites (tertiary alicyclic amines) is 1. The summed E-state index contributed by atoms with van der Waals surface area (Å²) in [6, 6.07) is 4.67. The maximum absolute atomic E-state index is 12.8. The second-order valence-electron chi connectivity index (χ2n) is 8.90. The summed E-state index contributed by atoms with van der Waals surface area (Å²) in [5.41, 5.74) is 0.865. The van der Waals surface area contributed by atoms with Crippen molar-refractivity contribution in [2.45, 2.75) is 51.2 Å². The van der Waals surface area contributed by atoms with E-state index < -0.39 is 6.10 Å². The minimum absolute atomic E-state index is 0.00481. The molecule has 3 fully saturated rings. The first kappa shape index (κ1) is 21.2. The Morgan fingerprint density at radius 3 is 2.67 bits per heavy atom. The van der Waals surface area contributed by atoms with E-state index in [1.807, 2.05) is 16.7 Å². The predicted octanol–water partition coefficient (Wildman–Crippen LogP) is 2.24. The van der Waals surface area contributed by atoms with Gasteiger partial charge in [-0.25, -0.2) is 0 Å². The number of β-amino-alcohol motifs (C(OH)–C–C–N with tert-alkyl or cyclic N) is 1. The Labute approximate surface area is 182 Å². The number of hydrogen-bond donors (Lipinski definition) is 2. The highest BCUT2D eigenvalue weighted by Gasteiger charge is 2.51. The average Bonchev–Trinajstić information content (AvgIpc) is 3.50. The molecule has 8 heteroatoms. The van der Waals surface area contributed by atoms with Crippen molar-refractivity contribution in [3.63, 3.8) is 0 Å². The zero-order valence-corrected chi connectivity index (χ0v) is 18.1.